The lowest BCUT2D eigenvalue weighted by atomic mass is 10.2. The third-order valence-corrected chi connectivity index (χ3v) is 3.11. The molecule has 104 valence electrons. The Morgan fingerprint density at radius 1 is 1.40 bits per heavy atom. The molecule has 0 radical (unpaired) electrons. The number of aryl methyl sites for hydroxylation is 2. The number of benzene rings is 1. The van der Waals surface area contributed by atoms with Crippen LogP contribution in [0.15, 0.2) is 29.3 Å². The quantitative estimate of drug-likeness (QED) is 0.487. The third-order valence-electron chi connectivity index (χ3n) is 3.11. The molecule has 0 amide bonds. The van der Waals surface area contributed by atoms with E-state index in [0.29, 0.717) is 5.56 Å². The fourth-order valence-corrected chi connectivity index (χ4v) is 2.08. The van der Waals surface area contributed by atoms with Crippen LogP contribution in [0.2, 0.25) is 0 Å². The van der Waals surface area contributed by atoms with Gasteiger partial charge in [0.25, 0.3) is 5.69 Å². The van der Waals surface area contributed by atoms with Gasteiger partial charge < -0.3 is 0 Å². The molecule has 0 aliphatic heterocycles. The topological polar surface area (TPSA) is 73.3 Å². The van der Waals surface area contributed by atoms with E-state index in [-0.39, 0.29) is 5.69 Å². The lowest BCUT2D eigenvalue weighted by Gasteiger charge is -1.99. The molecular formula is C14H16N4O2. The molecule has 0 saturated carbocycles. The highest BCUT2D eigenvalue weighted by Crippen LogP contribution is 2.24. The Kier molecular flexibility index (Phi) is 3.93. The summed E-state index contributed by atoms with van der Waals surface area (Å²) in [5.74, 6) is 0. The van der Waals surface area contributed by atoms with Crippen molar-refractivity contribution in [1.29, 1.82) is 0 Å². The second-order valence-electron chi connectivity index (χ2n) is 4.41. The van der Waals surface area contributed by atoms with Crippen molar-refractivity contribution in [2.45, 2.75) is 27.3 Å². The van der Waals surface area contributed by atoms with Gasteiger partial charge in [-0.3, -0.25) is 19.8 Å². The Bertz CT molecular complexity index is 674. The molecule has 2 rings (SSSR count). The number of hydrogen-bond donors (Lipinski definition) is 0. The number of aromatic nitrogens is 2. The zero-order valence-electron chi connectivity index (χ0n) is 11.7. The van der Waals surface area contributed by atoms with Crippen LogP contribution < -0.4 is 0 Å². The zero-order valence-corrected chi connectivity index (χ0v) is 11.7. The third kappa shape index (κ3) is 2.59. The highest BCUT2D eigenvalue weighted by molar-refractivity contribution is 5.87. The van der Waals surface area contributed by atoms with Gasteiger partial charge in [-0.15, -0.1) is 0 Å². The van der Waals surface area contributed by atoms with Crippen molar-refractivity contribution in [3.63, 3.8) is 0 Å². The summed E-state index contributed by atoms with van der Waals surface area (Å²) in [5, 5.41) is 15.3. The molecule has 2 aromatic rings. The maximum Gasteiger partial charge on any atom is 0.278 e. The van der Waals surface area contributed by atoms with Crippen molar-refractivity contribution in [3.05, 3.63) is 51.3 Å². The van der Waals surface area contributed by atoms with E-state index in [1.165, 1.54) is 12.3 Å². The van der Waals surface area contributed by atoms with Crippen LogP contribution in [0.25, 0.3) is 0 Å². The largest absolute Gasteiger partial charge is 0.278 e. The highest BCUT2D eigenvalue weighted by atomic mass is 16.6. The number of nitrogens with zero attached hydrogens (tertiary/aromatic N) is 4. The van der Waals surface area contributed by atoms with Crippen molar-refractivity contribution in [3.8, 4) is 0 Å². The molecule has 0 aliphatic rings. The van der Waals surface area contributed by atoms with Crippen LogP contribution in [-0.4, -0.2) is 20.9 Å². The Morgan fingerprint density at radius 2 is 2.10 bits per heavy atom. The van der Waals surface area contributed by atoms with E-state index < -0.39 is 4.92 Å². The summed E-state index contributed by atoms with van der Waals surface area (Å²) in [6, 6.07) is 6.54. The molecule has 0 spiro atoms. The van der Waals surface area contributed by atoms with E-state index in [1.54, 1.807) is 18.2 Å². The van der Waals surface area contributed by atoms with Crippen molar-refractivity contribution in [1.82, 2.24) is 9.78 Å². The van der Waals surface area contributed by atoms with Crippen molar-refractivity contribution in [2.75, 3.05) is 0 Å². The molecule has 1 heterocycles. The summed E-state index contributed by atoms with van der Waals surface area (Å²) >= 11 is 0. The van der Waals surface area contributed by atoms with Crippen LogP contribution >= 0.6 is 0 Å². The number of hydrogen-bond acceptors (Lipinski definition) is 4. The smallest absolute Gasteiger partial charge is 0.268 e. The first kappa shape index (κ1) is 13.9. The number of rotatable bonds is 4. The van der Waals surface area contributed by atoms with Crippen molar-refractivity contribution in [2.24, 2.45) is 4.99 Å². The van der Waals surface area contributed by atoms with Gasteiger partial charge in [0.05, 0.1) is 21.9 Å². The molecule has 0 bridgehead atoms. The molecule has 1 aromatic heterocycles. The van der Waals surface area contributed by atoms with Crippen molar-refractivity contribution < 1.29 is 4.92 Å². The first-order chi connectivity index (χ1) is 9.54. The van der Waals surface area contributed by atoms with Gasteiger partial charge in [-0.1, -0.05) is 12.1 Å². The summed E-state index contributed by atoms with van der Waals surface area (Å²) in [6.07, 6.45) is 1.52. The molecule has 6 heteroatoms. The molecular weight excluding hydrogens is 256 g/mol. The Labute approximate surface area is 116 Å². The predicted octanol–water partition coefficient (Wildman–Crippen LogP) is 3.18. The van der Waals surface area contributed by atoms with Crippen LogP contribution in [0.4, 0.5) is 11.4 Å². The predicted molar refractivity (Wildman–Crippen MR) is 77.7 cm³/mol. The summed E-state index contributed by atoms with van der Waals surface area (Å²) < 4.78 is 1.86. The van der Waals surface area contributed by atoms with Gasteiger partial charge >= 0.3 is 0 Å². The summed E-state index contributed by atoms with van der Waals surface area (Å²) in [5.41, 5.74) is 3.08. The Balaban J connectivity index is 2.40. The van der Waals surface area contributed by atoms with Gasteiger partial charge in [0.15, 0.2) is 0 Å². The average molecular weight is 272 g/mol. The standard InChI is InChI=1S/C14H16N4O2/c1-4-17-11(3)14(10(2)16-17)15-9-12-7-5-6-8-13(12)18(19)20/h5-9H,4H2,1-3H3. The van der Waals surface area contributed by atoms with E-state index in [0.717, 1.165) is 23.6 Å². The SMILES string of the molecule is CCn1nc(C)c(N=Cc2ccccc2[N+](=O)[O-])c1C. The van der Waals surface area contributed by atoms with E-state index in [2.05, 4.69) is 10.1 Å². The van der Waals surface area contributed by atoms with Gasteiger partial charge in [0, 0.05) is 18.8 Å². The van der Waals surface area contributed by atoms with E-state index >= 15 is 0 Å². The molecule has 0 N–H and O–H groups in total. The molecule has 0 aliphatic carbocycles. The number of nitro groups is 1. The van der Waals surface area contributed by atoms with Crippen LogP contribution in [0.5, 0.6) is 0 Å². The summed E-state index contributed by atoms with van der Waals surface area (Å²) in [4.78, 5) is 14.9. The van der Waals surface area contributed by atoms with Crippen LogP contribution in [-0.2, 0) is 6.54 Å². The first-order valence-electron chi connectivity index (χ1n) is 6.36. The van der Waals surface area contributed by atoms with E-state index in [4.69, 9.17) is 0 Å². The maximum atomic E-state index is 10.9. The maximum absolute atomic E-state index is 10.9. The molecule has 0 fully saturated rings. The molecule has 6 nitrogen and oxygen atoms in total. The zero-order chi connectivity index (χ0) is 14.7. The minimum atomic E-state index is -0.406. The summed E-state index contributed by atoms with van der Waals surface area (Å²) in [6.45, 7) is 6.60. The van der Waals surface area contributed by atoms with Gasteiger partial charge in [-0.2, -0.15) is 5.10 Å². The molecule has 0 saturated heterocycles. The second-order valence-corrected chi connectivity index (χ2v) is 4.41. The van der Waals surface area contributed by atoms with Crippen LogP contribution in [0.1, 0.15) is 23.9 Å². The molecule has 20 heavy (non-hydrogen) atoms. The normalized spacial score (nSPS) is 11.2. The monoisotopic (exact) mass is 272 g/mol. The average Bonchev–Trinajstić information content (AvgIpc) is 2.71. The minimum Gasteiger partial charge on any atom is -0.268 e. The lowest BCUT2D eigenvalue weighted by Crippen LogP contribution is -1.98. The minimum absolute atomic E-state index is 0.0504. The second kappa shape index (κ2) is 5.64. The fraction of sp³-hybridized carbons (Fsp3) is 0.286. The van der Waals surface area contributed by atoms with Crippen molar-refractivity contribution >= 4 is 17.6 Å². The lowest BCUT2D eigenvalue weighted by molar-refractivity contribution is -0.385. The number of nitro benzene ring substituents is 1. The highest BCUT2D eigenvalue weighted by Gasteiger charge is 2.12. The fourth-order valence-electron chi connectivity index (χ4n) is 2.08. The Morgan fingerprint density at radius 3 is 2.70 bits per heavy atom. The molecule has 0 atom stereocenters. The van der Waals surface area contributed by atoms with Gasteiger partial charge in [-0.05, 0) is 26.8 Å². The summed E-state index contributed by atoms with van der Waals surface area (Å²) in [7, 11) is 0. The first-order valence-corrected chi connectivity index (χ1v) is 6.36. The number of para-hydroxylation sites is 1. The van der Waals surface area contributed by atoms with Crippen LogP contribution in [0.3, 0.4) is 0 Å². The molecule has 1 aromatic carbocycles. The van der Waals surface area contributed by atoms with Gasteiger partial charge in [0.1, 0.15) is 5.69 Å². The Hall–Kier alpha value is -2.50. The van der Waals surface area contributed by atoms with Gasteiger partial charge in [0.2, 0.25) is 0 Å². The van der Waals surface area contributed by atoms with Gasteiger partial charge in [-0.25, -0.2) is 0 Å². The number of aliphatic imine (C=N–C) groups is 1. The van der Waals surface area contributed by atoms with Crippen LogP contribution in [0, 0.1) is 24.0 Å². The molecule has 0 unspecified atom stereocenters. The van der Waals surface area contributed by atoms with E-state index in [1.807, 2.05) is 25.5 Å². The van der Waals surface area contributed by atoms with E-state index in [9.17, 15) is 10.1 Å².